The number of carbonyl (C=O) groups excluding carboxylic acids is 3. The molecule has 0 saturated carbocycles. The summed E-state index contributed by atoms with van der Waals surface area (Å²) < 4.78 is 14.9. The van der Waals surface area contributed by atoms with E-state index in [1.54, 1.807) is 13.8 Å². The molecule has 1 fully saturated rings. The van der Waals surface area contributed by atoms with Crippen LogP contribution in [0.15, 0.2) is 12.2 Å². The van der Waals surface area contributed by atoms with Gasteiger partial charge in [-0.1, -0.05) is 0 Å². The second-order valence-electron chi connectivity index (χ2n) is 3.73. The highest BCUT2D eigenvalue weighted by atomic mass is 16.6. The van der Waals surface area contributed by atoms with Crippen LogP contribution in [0.4, 0.5) is 9.59 Å². The highest BCUT2D eigenvalue weighted by Crippen LogP contribution is 2.29. The van der Waals surface area contributed by atoms with Crippen molar-refractivity contribution in [2.75, 3.05) is 13.2 Å². The first-order valence-electron chi connectivity index (χ1n) is 5.89. The van der Waals surface area contributed by atoms with E-state index in [1.807, 2.05) is 0 Å². The van der Waals surface area contributed by atoms with Crippen molar-refractivity contribution in [2.45, 2.75) is 26.3 Å². The number of nitrogens with zero attached hydrogens (tertiary/aromatic N) is 2. The number of carbonyl (C=O) groups is 3. The van der Waals surface area contributed by atoms with Crippen LogP contribution >= 0.6 is 0 Å². The van der Waals surface area contributed by atoms with Gasteiger partial charge in [-0.05, 0) is 26.0 Å². The summed E-state index contributed by atoms with van der Waals surface area (Å²) in [5, 5.41) is 1.78. The number of ketones is 1. The number of hydrogen-bond donors (Lipinski definition) is 0. The molecule has 19 heavy (non-hydrogen) atoms. The van der Waals surface area contributed by atoms with Gasteiger partial charge in [0.15, 0.2) is 6.23 Å². The third-order valence-electron chi connectivity index (χ3n) is 2.54. The molecule has 0 unspecified atom stereocenters. The summed E-state index contributed by atoms with van der Waals surface area (Å²) in [5.41, 5.74) is 0. The molecule has 0 aromatic carbocycles. The zero-order chi connectivity index (χ0) is 14.0. The lowest BCUT2D eigenvalue weighted by molar-refractivity contribution is -0.131. The molecule has 2 bridgehead atoms. The molecule has 2 aliphatic rings. The van der Waals surface area contributed by atoms with Crippen molar-refractivity contribution >= 4 is 18.0 Å². The van der Waals surface area contributed by atoms with Crippen LogP contribution in [0.25, 0.3) is 0 Å². The molecule has 2 amide bonds. The average Bonchev–Trinajstić information content (AvgIpc) is 2.69. The Bertz CT molecular complexity index is 435. The molecule has 0 aromatic rings. The van der Waals surface area contributed by atoms with Gasteiger partial charge in [-0.25, -0.2) is 9.59 Å². The van der Waals surface area contributed by atoms with Gasteiger partial charge < -0.3 is 14.2 Å². The Morgan fingerprint density at radius 3 is 2.37 bits per heavy atom. The van der Waals surface area contributed by atoms with E-state index in [9.17, 15) is 14.4 Å². The predicted octanol–water partition coefficient (Wildman–Crippen LogP) is 0.640. The Balaban J connectivity index is 2.27. The van der Waals surface area contributed by atoms with Crippen molar-refractivity contribution in [3.63, 3.8) is 0 Å². The summed E-state index contributed by atoms with van der Waals surface area (Å²) in [6, 6.07) is 0. The largest absolute Gasteiger partial charge is 0.448 e. The molecular weight excluding hydrogens is 256 g/mol. The number of hydrogen-bond acceptors (Lipinski definition) is 6. The fraction of sp³-hybridized carbons (Fsp3) is 0.545. The van der Waals surface area contributed by atoms with Crippen molar-refractivity contribution in [1.29, 1.82) is 0 Å². The number of ether oxygens (including phenoxy) is 3. The van der Waals surface area contributed by atoms with Crippen LogP contribution in [0.1, 0.15) is 13.8 Å². The Kier molecular flexibility index (Phi) is 3.70. The molecule has 2 atom stereocenters. The lowest BCUT2D eigenvalue weighted by atomic mass is 10.2. The maximum absolute atomic E-state index is 11.8. The molecule has 8 nitrogen and oxygen atoms in total. The third-order valence-corrected chi connectivity index (χ3v) is 2.54. The van der Waals surface area contributed by atoms with E-state index in [-0.39, 0.29) is 13.2 Å². The number of hydrazine groups is 1. The van der Waals surface area contributed by atoms with Gasteiger partial charge in [0.05, 0.1) is 13.2 Å². The van der Waals surface area contributed by atoms with E-state index in [0.717, 1.165) is 10.0 Å². The van der Waals surface area contributed by atoms with E-state index >= 15 is 0 Å². The van der Waals surface area contributed by atoms with Gasteiger partial charge in [-0.15, -0.1) is 0 Å². The van der Waals surface area contributed by atoms with E-state index < -0.39 is 30.4 Å². The molecular formula is C11H14N2O6. The predicted molar refractivity (Wildman–Crippen MR) is 60.5 cm³/mol. The van der Waals surface area contributed by atoms with Crippen LogP contribution < -0.4 is 0 Å². The third kappa shape index (κ3) is 2.26. The second-order valence-corrected chi connectivity index (χ2v) is 3.73. The van der Waals surface area contributed by atoms with Crippen LogP contribution in [0.5, 0.6) is 0 Å². The van der Waals surface area contributed by atoms with Gasteiger partial charge >= 0.3 is 12.2 Å². The molecule has 0 spiro atoms. The number of fused-ring (bicyclic) bond motifs is 2. The first-order valence-corrected chi connectivity index (χ1v) is 5.89. The second kappa shape index (κ2) is 5.27. The molecule has 0 radical (unpaired) electrons. The molecule has 2 aliphatic heterocycles. The number of amides is 2. The van der Waals surface area contributed by atoms with Crippen molar-refractivity contribution in [2.24, 2.45) is 0 Å². The lowest BCUT2D eigenvalue weighted by Gasteiger charge is -2.27. The maximum Gasteiger partial charge on any atom is 0.431 e. The zero-order valence-electron chi connectivity index (χ0n) is 10.6. The van der Waals surface area contributed by atoms with Crippen molar-refractivity contribution in [3.8, 4) is 0 Å². The zero-order valence-corrected chi connectivity index (χ0v) is 10.6. The molecule has 0 aliphatic carbocycles. The van der Waals surface area contributed by atoms with Gasteiger partial charge in [-0.3, -0.25) is 4.79 Å². The average molecular weight is 270 g/mol. The normalized spacial score (nSPS) is 24.6. The lowest BCUT2D eigenvalue weighted by Crippen LogP contribution is -2.51. The van der Waals surface area contributed by atoms with Crippen molar-refractivity contribution < 1.29 is 28.6 Å². The summed E-state index contributed by atoms with van der Waals surface area (Å²) in [6.45, 7) is 3.51. The SMILES string of the molecule is CCOC(=O)N1[C@H]2C=CC(=O)[C@H](O2)N1C(=O)OCC. The summed E-state index contributed by atoms with van der Waals surface area (Å²) in [4.78, 5) is 35.3. The standard InChI is InChI=1S/C11H14N2O6/c1-3-17-10(15)12-8-6-5-7(14)9(19-8)13(12)11(16)18-4-2/h5-6,8-9H,3-4H2,1-2H3/t8-,9+/m1/s1. The highest BCUT2D eigenvalue weighted by Gasteiger charge is 2.51. The van der Waals surface area contributed by atoms with Gasteiger partial charge in [0, 0.05) is 0 Å². The molecule has 2 heterocycles. The summed E-state index contributed by atoms with van der Waals surface area (Å²) in [7, 11) is 0. The Morgan fingerprint density at radius 1 is 1.21 bits per heavy atom. The van der Waals surface area contributed by atoms with Crippen LogP contribution in [0.3, 0.4) is 0 Å². The monoisotopic (exact) mass is 270 g/mol. The molecule has 104 valence electrons. The highest BCUT2D eigenvalue weighted by molar-refractivity contribution is 5.97. The van der Waals surface area contributed by atoms with Crippen molar-refractivity contribution in [1.82, 2.24) is 10.0 Å². The molecule has 0 N–H and O–H groups in total. The first kappa shape index (κ1) is 13.3. The Labute approximate surface area is 109 Å². The van der Waals surface area contributed by atoms with E-state index in [1.165, 1.54) is 12.2 Å². The molecule has 8 heteroatoms. The number of rotatable bonds is 2. The minimum absolute atomic E-state index is 0.116. The molecule has 0 aromatic heterocycles. The van der Waals surface area contributed by atoms with E-state index in [0.29, 0.717) is 0 Å². The fourth-order valence-corrected chi connectivity index (χ4v) is 1.81. The summed E-state index contributed by atoms with van der Waals surface area (Å²) in [6.07, 6.45) is -0.980. The van der Waals surface area contributed by atoms with Crippen molar-refractivity contribution in [3.05, 3.63) is 12.2 Å². The minimum Gasteiger partial charge on any atom is -0.448 e. The summed E-state index contributed by atoms with van der Waals surface area (Å²) >= 11 is 0. The van der Waals surface area contributed by atoms with Crippen LogP contribution in [-0.2, 0) is 19.0 Å². The Hall–Kier alpha value is -2.09. The quantitative estimate of drug-likeness (QED) is 0.732. The van der Waals surface area contributed by atoms with Crippen LogP contribution in [0.2, 0.25) is 0 Å². The van der Waals surface area contributed by atoms with Gasteiger partial charge in [0.1, 0.15) is 0 Å². The van der Waals surface area contributed by atoms with Crippen LogP contribution in [-0.4, -0.2) is 53.7 Å². The fourth-order valence-electron chi connectivity index (χ4n) is 1.81. The van der Waals surface area contributed by atoms with E-state index in [2.05, 4.69) is 0 Å². The van der Waals surface area contributed by atoms with Gasteiger partial charge in [-0.2, -0.15) is 10.0 Å². The molecule has 2 rings (SSSR count). The summed E-state index contributed by atoms with van der Waals surface area (Å²) in [5.74, 6) is -0.434. The van der Waals surface area contributed by atoms with E-state index in [4.69, 9.17) is 14.2 Å². The van der Waals surface area contributed by atoms with Crippen LogP contribution in [0, 0.1) is 0 Å². The Morgan fingerprint density at radius 2 is 1.79 bits per heavy atom. The first-order chi connectivity index (χ1) is 9.10. The van der Waals surface area contributed by atoms with Gasteiger partial charge in [0.25, 0.3) is 0 Å². The van der Waals surface area contributed by atoms with Gasteiger partial charge in [0.2, 0.25) is 12.0 Å². The topological polar surface area (TPSA) is 85.4 Å². The smallest absolute Gasteiger partial charge is 0.431 e. The maximum atomic E-state index is 11.8. The molecule has 1 saturated heterocycles. The minimum atomic E-state index is -1.18.